The molecule has 2 aromatic heterocycles. The van der Waals surface area contributed by atoms with Crippen LogP contribution in [0.15, 0.2) is 88.4 Å². The molecule has 0 aliphatic rings. The molecule has 28 heavy (non-hydrogen) atoms. The zero-order chi connectivity index (χ0) is 19.3. The molecule has 0 bridgehead atoms. The van der Waals surface area contributed by atoms with Gasteiger partial charge in [0, 0.05) is 17.1 Å². The number of thiazole rings is 1. The van der Waals surface area contributed by atoms with Crippen molar-refractivity contribution in [3.63, 3.8) is 0 Å². The van der Waals surface area contributed by atoms with Gasteiger partial charge in [-0.25, -0.2) is 0 Å². The third-order valence-electron chi connectivity index (χ3n) is 3.91. The molecule has 8 heteroatoms. The molecule has 0 aliphatic heterocycles. The van der Waals surface area contributed by atoms with E-state index in [1.807, 2.05) is 58.5 Å². The molecule has 0 fully saturated rings. The summed E-state index contributed by atoms with van der Waals surface area (Å²) in [6.45, 7) is 0. The summed E-state index contributed by atoms with van der Waals surface area (Å²) in [5.41, 5.74) is 3.10. The summed E-state index contributed by atoms with van der Waals surface area (Å²) in [6.07, 6.45) is 1.54. The van der Waals surface area contributed by atoms with E-state index in [4.69, 9.17) is 0 Å². The normalized spacial score (nSPS) is 11.9. The van der Waals surface area contributed by atoms with Crippen LogP contribution in [0, 0.1) is 10.1 Å². The molecule has 2 heterocycles. The van der Waals surface area contributed by atoms with Crippen molar-refractivity contribution in [3.8, 4) is 16.9 Å². The quantitative estimate of drug-likeness (QED) is 0.262. The van der Waals surface area contributed by atoms with Crippen molar-refractivity contribution < 1.29 is 4.92 Å². The smallest absolute Gasteiger partial charge is 0.284 e. The lowest BCUT2D eigenvalue weighted by Crippen LogP contribution is -2.13. The van der Waals surface area contributed by atoms with Crippen LogP contribution in [-0.2, 0) is 0 Å². The highest BCUT2D eigenvalue weighted by molar-refractivity contribution is 7.16. The maximum atomic E-state index is 10.8. The highest BCUT2D eigenvalue weighted by atomic mass is 32.1. The van der Waals surface area contributed by atoms with Crippen molar-refractivity contribution >= 4 is 33.9 Å². The van der Waals surface area contributed by atoms with E-state index in [0.717, 1.165) is 28.3 Å². The molecule has 2 aromatic carbocycles. The van der Waals surface area contributed by atoms with Crippen LogP contribution in [-0.4, -0.2) is 15.7 Å². The topological polar surface area (TPSA) is 72.8 Å². The largest absolute Gasteiger partial charge is 0.324 e. The number of nitrogens with zero attached hydrogens (tertiary/aromatic N) is 4. The van der Waals surface area contributed by atoms with Gasteiger partial charge in [-0.3, -0.25) is 14.7 Å². The zero-order valence-electron chi connectivity index (χ0n) is 14.5. The lowest BCUT2D eigenvalue weighted by molar-refractivity contribution is -0.380. The van der Waals surface area contributed by atoms with Crippen molar-refractivity contribution in [1.29, 1.82) is 0 Å². The average molecular weight is 406 g/mol. The van der Waals surface area contributed by atoms with Gasteiger partial charge in [0.05, 0.1) is 21.7 Å². The van der Waals surface area contributed by atoms with Crippen molar-refractivity contribution in [2.45, 2.75) is 0 Å². The van der Waals surface area contributed by atoms with E-state index < -0.39 is 4.92 Å². The van der Waals surface area contributed by atoms with Gasteiger partial charge in [0.2, 0.25) is 4.80 Å². The number of hydrogen-bond acceptors (Lipinski definition) is 6. The number of thiophene rings is 1. The van der Waals surface area contributed by atoms with Crippen LogP contribution in [0.1, 0.15) is 4.88 Å². The first-order valence-corrected chi connectivity index (χ1v) is 10.0. The van der Waals surface area contributed by atoms with Crippen LogP contribution in [0.25, 0.3) is 16.9 Å². The van der Waals surface area contributed by atoms with Crippen LogP contribution in [0.4, 0.5) is 5.00 Å². The van der Waals surface area contributed by atoms with Crippen molar-refractivity contribution in [2.75, 3.05) is 0 Å². The fraction of sp³-hybridized carbons (Fsp3) is 0. The summed E-state index contributed by atoms with van der Waals surface area (Å²) in [5, 5.41) is 21.5. The van der Waals surface area contributed by atoms with E-state index in [-0.39, 0.29) is 5.00 Å². The van der Waals surface area contributed by atoms with E-state index in [2.05, 4.69) is 22.3 Å². The second-order valence-corrected chi connectivity index (χ2v) is 7.65. The predicted molar refractivity (Wildman–Crippen MR) is 113 cm³/mol. The van der Waals surface area contributed by atoms with Gasteiger partial charge in [-0.15, -0.1) is 16.4 Å². The summed E-state index contributed by atoms with van der Waals surface area (Å²) in [5.74, 6) is 0. The molecule has 0 radical (unpaired) electrons. The first kappa shape index (κ1) is 18.0. The molecule has 0 N–H and O–H groups in total. The number of rotatable bonds is 5. The second kappa shape index (κ2) is 8.12. The Hall–Kier alpha value is -3.36. The minimum absolute atomic E-state index is 0.0864. The molecule has 0 aliphatic carbocycles. The number of benzene rings is 2. The Morgan fingerprint density at radius 3 is 2.36 bits per heavy atom. The van der Waals surface area contributed by atoms with Gasteiger partial charge in [-0.1, -0.05) is 59.9 Å². The molecule has 6 nitrogen and oxygen atoms in total. The van der Waals surface area contributed by atoms with Gasteiger partial charge < -0.3 is 0 Å². The fourth-order valence-corrected chi connectivity index (χ4v) is 4.21. The lowest BCUT2D eigenvalue weighted by Gasteiger charge is -2.08. The minimum Gasteiger partial charge on any atom is -0.284 e. The van der Waals surface area contributed by atoms with Crippen LogP contribution in [0.5, 0.6) is 0 Å². The van der Waals surface area contributed by atoms with Gasteiger partial charge in [0.25, 0.3) is 0 Å². The molecule has 0 atom stereocenters. The molecule has 4 rings (SSSR count). The monoisotopic (exact) mass is 406 g/mol. The van der Waals surface area contributed by atoms with Crippen LogP contribution in [0.2, 0.25) is 0 Å². The third kappa shape index (κ3) is 3.83. The molecular weight excluding hydrogens is 392 g/mol. The van der Waals surface area contributed by atoms with Crippen molar-refractivity contribution in [1.82, 2.24) is 4.57 Å². The van der Waals surface area contributed by atoms with Crippen molar-refractivity contribution in [3.05, 3.63) is 98.0 Å². The van der Waals surface area contributed by atoms with Crippen molar-refractivity contribution in [2.24, 2.45) is 10.2 Å². The molecule has 0 amide bonds. The highest BCUT2D eigenvalue weighted by Gasteiger charge is 2.10. The molecule has 4 aromatic rings. The minimum atomic E-state index is -0.409. The molecular formula is C20H14N4O2S2. The molecule has 0 spiro atoms. The fourth-order valence-electron chi connectivity index (χ4n) is 2.66. The Labute approximate surface area is 168 Å². The lowest BCUT2D eigenvalue weighted by atomic mass is 10.1. The van der Waals surface area contributed by atoms with E-state index in [1.54, 1.807) is 6.07 Å². The zero-order valence-corrected chi connectivity index (χ0v) is 16.1. The number of nitro groups is 1. The first-order chi connectivity index (χ1) is 13.7. The molecule has 138 valence electrons. The summed E-state index contributed by atoms with van der Waals surface area (Å²) >= 11 is 2.56. The van der Waals surface area contributed by atoms with Gasteiger partial charge in [-0.2, -0.15) is 5.10 Å². The maximum absolute atomic E-state index is 10.8. The average Bonchev–Trinajstić information content (AvgIpc) is 3.37. The van der Waals surface area contributed by atoms with Crippen LogP contribution >= 0.6 is 22.7 Å². The van der Waals surface area contributed by atoms with E-state index in [0.29, 0.717) is 9.68 Å². The molecule has 0 unspecified atom stereocenters. The molecule has 0 saturated carbocycles. The van der Waals surface area contributed by atoms with E-state index in [1.165, 1.54) is 23.6 Å². The third-order valence-corrected chi connectivity index (χ3v) is 5.70. The number of aromatic nitrogens is 1. The summed E-state index contributed by atoms with van der Waals surface area (Å²) in [6, 6.07) is 23.2. The molecule has 0 saturated heterocycles. The predicted octanol–water partition coefficient (Wildman–Crippen LogP) is 5.11. The van der Waals surface area contributed by atoms with Gasteiger partial charge in [0.15, 0.2) is 0 Å². The van der Waals surface area contributed by atoms with Gasteiger partial charge >= 0.3 is 5.00 Å². The number of hydrogen-bond donors (Lipinski definition) is 0. The van der Waals surface area contributed by atoms with Crippen LogP contribution < -0.4 is 4.80 Å². The Morgan fingerprint density at radius 2 is 1.68 bits per heavy atom. The summed E-state index contributed by atoms with van der Waals surface area (Å²) in [7, 11) is 0. The Balaban J connectivity index is 1.76. The Kier molecular flexibility index (Phi) is 5.22. The second-order valence-electron chi connectivity index (χ2n) is 5.72. The summed E-state index contributed by atoms with van der Waals surface area (Å²) < 4.78 is 2.05. The van der Waals surface area contributed by atoms with E-state index >= 15 is 0 Å². The Morgan fingerprint density at radius 1 is 0.964 bits per heavy atom. The highest BCUT2D eigenvalue weighted by Crippen LogP contribution is 2.24. The van der Waals surface area contributed by atoms with Gasteiger partial charge in [0.1, 0.15) is 0 Å². The SMILES string of the molecule is O=[N+]([O-])c1ccc(/C=N/N=c2\scc(-c3ccccc3)n2-c2ccccc2)s1. The maximum Gasteiger partial charge on any atom is 0.324 e. The first-order valence-electron chi connectivity index (χ1n) is 8.35. The van der Waals surface area contributed by atoms with E-state index in [9.17, 15) is 10.1 Å². The number of para-hydroxylation sites is 1. The Bertz CT molecular complexity index is 1190. The standard InChI is InChI=1S/C20H14N4O2S2/c25-24(26)19-12-11-17(28-19)13-21-22-20-23(16-9-5-2-6-10-16)18(14-27-20)15-7-3-1-4-8-15/h1-14H/b21-13+,22-20-. The van der Waals surface area contributed by atoms with Crippen LogP contribution in [0.3, 0.4) is 0 Å². The summed E-state index contributed by atoms with van der Waals surface area (Å²) in [4.78, 5) is 11.8. The van der Waals surface area contributed by atoms with Gasteiger partial charge in [-0.05, 0) is 23.8 Å².